The van der Waals surface area contributed by atoms with Gasteiger partial charge in [0.05, 0.1) is 10.7 Å². The average molecular weight is 411 g/mol. The van der Waals surface area contributed by atoms with E-state index < -0.39 is 0 Å². The van der Waals surface area contributed by atoms with E-state index in [9.17, 15) is 9.59 Å². The zero-order chi connectivity index (χ0) is 15.9. The van der Waals surface area contributed by atoms with E-state index in [0.717, 1.165) is 6.29 Å². The first kappa shape index (κ1) is 16.3. The molecular weight excluding hydrogens is 397 g/mol. The average Bonchev–Trinajstić information content (AvgIpc) is 2.53. The molecule has 0 aromatic heterocycles. The Labute approximate surface area is 141 Å². The largest absolute Gasteiger partial charge is 0.493 e. The van der Waals surface area contributed by atoms with Gasteiger partial charge in [0.2, 0.25) is 0 Å². The van der Waals surface area contributed by atoms with Crippen LogP contribution in [0.5, 0.6) is 11.5 Å². The highest BCUT2D eigenvalue weighted by atomic mass is 127. The number of amides is 1. The number of ether oxygens (including phenoxy) is 2. The standard InChI is InChI=1S/C16H14INO4/c1-21-14-8-11(9-19)7-13(17)16(14)22-10-15(20)18-12-5-3-2-4-6-12/h2-9H,10H2,1H3,(H,18,20). The minimum atomic E-state index is -0.275. The molecule has 0 aliphatic rings. The van der Waals surface area contributed by atoms with Gasteiger partial charge in [-0.15, -0.1) is 0 Å². The quantitative estimate of drug-likeness (QED) is 0.586. The van der Waals surface area contributed by atoms with Gasteiger partial charge in [-0.25, -0.2) is 0 Å². The smallest absolute Gasteiger partial charge is 0.262 e. The molecule has 114 valence electrons. The second kappa shape index (κ2) is 7.79. The van der Waals surface area contributed by atoms with E-state index in [1.807, 2.05) is 40.8 Å². The van der Waals surface area contributed by atoms with Crippen LogP contribution in [0.15, 0.2) is 42.5 Å². The molecule has 0 saturated heterocycles. The van der Waals surface area contributed by atoms with Gasteiger partial charge in [-0.2, -0.15) is 0 Å². The summed E-state index contributed by atoms with van der Waals surface area (Å²) in [5.74, 6) is 0.585. The number of aldehydes is 1. The lowest BCUT2D eigenvalue weighted by Crippen LogP contribution is -2.20. The van der Waals surface area contributed by atoms with Crippen LogP contribution in [-0.4, -0.2) is 25.9 Å². The van der Waals surface area contributed by atoms with Crippen LogP contribution in [0.4, 0.5) is 5.69 Å². The lowest BCUT2D eigenvalue weighted by atomic mass is 10.2. The zero-order valence-electron chi connectivity index (χ0n) is 11.8. The van der Waals surface area contributed by atoms with Gasteiger partial charge < -0.3 is 14.8 Å². The maximum atomic E-state index is 11.9. The van der Waals surface area contributed by atoms with Gasteiger partial charge in [-0.05, 0) is 46.9 Å². The number of benzene rings is 2. The minimum absolute atomic E-state index is 0.151. The number of rotatable bonds is 6. The normalized spacial score (nSPS) is 9.91. The predicted octanol–water partition coefficient (Wildman–Crippen LogP) is 3.13. The Bertz CT molecular complexity index is 673. The van der Waals surface area contributed by atoms with Crippen molar-refractivity contribution >= 4 is 40.5 Å². The SMILES string of the molecule is COc1cc(C=O)cc(I)c1OCC(=O)Nc1ccccc1. The van der Waals surface area contributed by atoms with Gasteiger partial charge in [-0.1, -0.05) is 18.2 Å². The fourth-order valence-corrected chi connectivity index (χ4v) is 2.59. The molecule has 2 aromatic carbocycles. The summed E-state index contributed by atoms with van der Waals surface area (Å²) in [5, 5.41) is 2.73. The number of carbonyl (C=O) groups is 2. The van der Waals surface area contributed by atoms with Crippen molar-refractivity contribution in [2.24, 2.45) is 0 Å². The molecular formula is C16H14INO4. The highest BCUT2D eigenvalue weighted by molar-refractivity contribution is 14.1. The van der Waals surface area contributed by atoms with Gasteiger partial charge >= 0.3 is 0 Å². The van der Waals surface area contributed by atoms with Crippen molar-refractivity contribution in [1.29, 1.82) is 0 Å². The Morgan fingerprint density at radius 3 is 2.64 bits per heavy atom. The summed E-state index contributed by atoms with van der Waals surface area (Å²) < 4.78 is 11.4. The molecule has 0 aliphatic carbocycles. The molecule has 0 aliphatic heterocycles. The lowest BCUT2D eigenvalue weighted by molar-refractivity contribution is -0.118. The number of carbonyl (C=O) groups excluding carboxylic acids is 2. The fourth-order valence-electron chi connectivity index (χ4n) is 1.80. The van der Waals surface area contributed by atoms with E-state index >= 15 is 0 Å². The van der Waals surface area contributed by atoms with Gasteiger partial charge in [-0.3, -0.25) is 9.59 Å². The van der Waals surface area contributed by atoms with Crippen molar-refractivity contribution in [3.05, 3.63) is 51.6 Å². The summed E-state index contributed by atoms with van der Waals surface area (Å²) in [7, 11) is 1.48. The Kier molecular flexibility index (Phi) is 5.76. The maximum absolute atomic E-state index is 11.9. The van der Waals surface area contributed by atoms with E-state index in [0.29, 0.717) is 26.3 Å². The lowest BCUT2D eigenvalue weighted by Gasteiger charge is -2.13. The first-order valence-corrected chi connectivity index (χ1v) is 7.52. The van der Waals surface area contributed by atoms with Crippen LogP contribution >= 0.6 is 22.6 Å². The van der Waals surface area contributed by atoms with E-state index in [4.69, 9.17) is 9.47 Å². The van der Waals surface area contributed by atoms with E-state index in [2.05, 4.69) is 5.32 Å². The molecule has 0 radical (unpaired) electrons. The van der Waals surface area contributed by atoms with Crippen LogP contribution in [0.25, 0.3) is 0 Å². The number of para-hydroxylation sites is 1. The van der Waals surface area contributed by atoms with E-state index in [1.165, 1.54) is 7.11 Å². The van der Waals surface area contributed by atoms with Crippen molar-refractivity contribution in [2.75, 3.05) is 19.0 Å². The predicted molar refractivity (Wildman–Crippen MR) is 91.7 cm³/mol. The molecule has 5 nitrogen and oxygen atoms in total. The first-order valence-electron chi connectivity index (χ1n) is 6.44. The van der Waals surface area contributed by atoms with Crippen LogP contribution in [0.2, 0.25) is 0 Å². The minimum Gasteiger partial charge on any atom is -0.493 e. The Morgan fingerprint density at radius 2 is 2.00 bits per heavy atom. The Balaban J connectivity index is 2.05. The number of hydrogen-bond donors (Lipinski definition) is 1. The van der Waals surface area contributed by atoms with Crippen molar-refractivity contribution in [2.45, 2.75) is 0 Å². The molecule has 0 spiro atoms. The van der Waals surface area contributed by atoms with Crippen LogP contribution in [0.3, 0.4) is 0 Å². The third kappa shape index (κ3) is 4.20. The summed E-state index contributed by atoms with van der Waals surface area (Å²) >= 11 is 2.03. The van der Waals surface area contributed by atoms with Gasteiger partial charge in [0.1, 0.15) is 6.29 Å². The van der Waals surface area contributed by atoms with Gasteiger partial charge in [0, 0.05) is 11.3 Å². The van der Waals surface area contributed by atoms with Crippen LogP contribution in [0.1, 0.15) is 10.4 Å². The van der Waals surface area contributed by atoms with E-state index in [1.54, 1.807) is 24.3 Å². The molecule has 0 bridgehead atoms. The summed E-state index contributed by atoms with van der Waals surface area (Å²) in [6.45, 7) is -0.151. The first-order chi connectivity index (χ1) is 10.6. The Morgan fingerprint density at radius 1 is 1.27 bits per heavy atom. The van der Waals surface area contributed by atoms with Gasteiger partial charge in [0.15, 0.2) is 18.1 Å². The molecule has 1 N–H and O–H groups in total. The number of halogens is 1. The molecule has 0 unspecified atom stereocenters. The van der Waals surface area contributed by atoms with Crippen LogP contribution in [0, 0.1) is 3.57 Å². The number of anilines is 1. The van der Waals surface area contributed by atoms with Crippen LogP contribution < -0.4 is 14.8 Å². The van der Waals surface area contributed by atoms with E-state index in [-0.39, 0.29) is 12.5 Å². The zero-order valence-corrected chi connectivity index (χ0v) is 14.0. The van der Waals surface area contributed by atoms with Gasteiger partial charge in [0.25, 0.3) is 5.91 Å². The molecule has 0 fully saturated rings. The number of hydrogen-bond acceptors (Lipinski definition) is 4. The molecule has 2 aromatic rings. The second-order valence-electron chi connectivity index (χ2n) is 4.35. The highest BCUT2D eigenvalue weighted by Gasteiger charge is 2.13. The summed E-state index contributed by atoms with van der Waals surface area (Å²) in [6, 6.07) is 12.4. The van der Waals surface area contributed by atoms with Crippen molar-refractivity contribution < 1.29 is 19.1 Å². The summed E-state index contributed by atoms with van der Waals surface area (Å²) in [4.78, 5) is 22.7. The molecule has 1 amide bonds. The maximum Gasteiger partial charge on any atom is 0.262 e. The fraction of sp³-hybridized carbons (Fsp3) is 0.125. The third-order valence-corrected chi connectivity index (χ3v) is 3.59. The molecule has 0 heterocycles. The number of methoxy groups -OCH3 is 1. The molecule has 0 atom stereocenters. The Hall–Kier alpha value is -2.09. The number of nitrogens with one attached hydrogen (secondary N) is 1. The summed E-state index contributed by atoms with van der Waals surface area (Å²) in [6.07, 6.45) is 0.733. The molecule has 2 rings (SSSR count). The second-order valence-corrected chi connectivity index (χ2v) is 5.52. The summed E-state index contributed by atoms with van der Waals surface area (Å²) in [5.41, 5.74) is 1.19. The van der Waals surface area contributed by atoms with Crippen LogP contribution in [-0.2, 0) is 4.79 Å². The molecule has 22 heavy (non-hydrogen) atoms. The van der Waals surface area contributed by atoms with Crippen molar-refractivity contribution in [3.63, 3.8) is 0 Å². The third-order valence-electron chi connectivity index (χ3n) is 2.79. The highest BCUT2D eigenvalue weighted by Crippen LogP contribution is 2.33. The topological polar surface area (TPSA) is 64.6 Å². The van der Waals surface area contributed by atoms with Crippen molar-refractivity contribution in [1.82, 2.24) is 0 Å². The molecule has 0 saturated carbocycles. The van der Waals surface area contributed by atoms with Crippen molar-refractivity contribution in [3.8, 4) is 11.5 Å². The molecule has 6 heteroatoms. The monoisotopic (exact) mass is 411 g/mol.